The fraction of sp³-hybridized carbons (Fsp3) is 0.182. The van der Waals surface area contributed by atoms with Crippen molar-refractivity contribution in [2.24, 2.45) is 5.16 Å². The summed E-state index contributed by atoms with van der Waals surface area (Å²) >= 11 is 0. The van der Waals surface area contributed by atoms with Crippen molar-refractivity contribution in [1.29, 1.82) is 0 Å². The predicted octanol–water partition coefficient (Wildman–Crippen LogP) is 1.43. The molecule has 0 heterocycles. The normalized spacial score (nSPS) is 10.8. The molecule has 0 saturated heterocycles. The third-order valence-corrected chi connectivity index (χ3v) is 1.77. The van der Waals surface area contributed by atoms with Crippen molar-refractivity contribution in [3.05, 3.63) is 29.8 Å². The van der Waals surface area contributed by atoms with Gasteiger partial charge in [-0.15, -0.1) is 0 Å². The Bertz CT molecular complexity index is 426. The summed E-state index contributed by atoms with van der Waals surface area (Å²) in [5.41, 5.74) is 0.379. The lowest BCUT2D eigenvalue weighted by Gasteiger charge is -2.05. The van der Waals surface area contributed by atoms with E-state index in [1.807, 2.05) is 0 Å². The molecule has 0 unspecified atom stereocenters. The van der Waals surface area contributed by atoms with Gasteiger partial charge in [-0.05, 0) is 19.1 Å². The second-order valence-electron chi connectivity index (χ2n) is 2.90. The van der Waals surface area contributed by atoms with Crippen LogP contribution in [-0.4, -0.2) is 25.1 Å². The molecule has 0 atom stereocenters. The van der Waals surface area contributed by atoms with E-state index in [1.165, 1.54) is 20.1 Å². The van der Waals surface area contributed by atoms with Gasteiger partial charge >= 0.3 is 5.97 Å². The van der Waals surface area contributed by atoms with Gasteiger partial charge in [0.2, 0.25) is 0 Å². The molecule has 0 aliphatic heterocycles. The Kier molecular flexibility index (Phi) is 4.20. The summed E-state index contributed by atoms with van der Waals surface area (Å²) in [4.78, 5) is 26.5. The van der Waals surface area contributed by atoms with Gasteiger partial charge in [0.05, 0.1) is 5.56 Å². The van der Waals surface area contributed by atoms with E-state index in [-0.39, 0.29) is 11.5 Å². The van der Waals surface area contributed by atoms with E-state index in [4.69, 9.17) is 4.74 Å². The lowest BCUT2D eigenvalue weighted by molar-refractivity contribution is -0.127. The van der Waals surface area contributed by atoms with Crippen LogP contribution in [0.1, 0.15) is 17.3 Å². The summed E-state index contributed by atoms with van der Waals surface area (Å²) in [6.07, 6.45) is 0.616. The average molecular weight is 221 g/mol. The Morgan fingerprint density at radius 2 is 2.06 bits per heavy atom. The number of para-hydroxylation sites is 1. The minimum absolute atomic E-state index is 0.0724. The van der Waals surface area contributed by atoms with Gasteiger partial charge in [-0.25, -0.2) is 4.79 Å². The molecule has 16 heavy (non-hydrogen) atoms. The summed E-state index contributed by atoms with van der Waals surface area (Å²) in [7, 11) is 1.33. The molecule has 0 aliphatic rings. The third-order valence-electron chi connectivity index (χ3n) is 1.77. The van der Waals surface area contributed by atoms with Crippen LogP contribution in [-0.2, 0) is 9.63 Å². The van der Waals surface area contributed by atoms with E-state index >= 15 is 0 Å². The second kappa shape index (κ2) is 5.65. The number of carbonyl (C=O) groups excluding carboxylic acids is 2. The number of rotatable bonds is 4. The monoisotopic (exact) mass is 221 g/mol. The molecule has 0 aromatic heterocycles. The molecule has 1 aromatic rings. The molecule has 84 valence electrons. The van der Waals surface area contributed by atoms with Gasteiger partial charge in [0.1, 0.15) is 12.9 Å². The van der Waals surface area contributed by atoms with Crippen LogP contribution >= 0.6 is 0 Å². The van der Waals surface area contributed by atoms with Crippen molar-refractivity contribution in [3.63, 3.8) is 0 Å². The topological polar surface area (TPSA) is 65.0 Å². The number of benzene rings is 1. The van der Waals surface area contributed by atoms with Gasteiger partial charge < -0.3 is 9.57 Å². The minimum Gasteiger partial charge on any atom is -0.421 e. The Hall–Kier alpha value is -2.17. The molecule has 1 rings (SSSR count). The zero-order chi connectivity index (χ0) is 12.0. The predicted molar refractivity (Wildman–Crippen MR) is 57.6 cm³/mol. The van der Waals surface area contributed by atoms with Crippen molar-refractivity contribution in [1.82, 2.24) is 0 Å². The molecule has 0 amide bonds. The maximum atomic E-state index is 11.4. The number of nitrogens with zero attached hydrogens (tertiary/aromatic N) is 1. The first kappa shape index (κ1) is 11.9. The highest BCUT2D eigenvalue weighted by Crippen LogP contribution is 2.15. The lowest BCUT2D eigenvalue weighted by atomic mass is 10.2. The number of oxime groups is 1. The molecule has 0 N–H and O–H groups in total. The fourth-order valence-electron chi connectivity index (χ4n) is 1.02. The summed E-state index contributed by atoms with van der Waals surface area (Å²) in [5.74, 6) is -0.454. The van der Waals surface area contributed by atoms with Crippen LogP contribution in [0.5, 0.6) is 5.75 Å². The van der Waals surface area contributed by atoms with Crippen LogP contribution in [0, 0.1) is 0 Å². The summed E-state index contributed by atoms with van der Waals surface area (Å²) in [5, 5.41) is 3.43. The molecule has 5 heteroatoms. The highest BCUT2D eigenvalue weighted by atomic mass is 16.6. The Morgan fingerprint density at radius 1 is 1.38 bits per heavy atom. The fourth-order valence-corrected chi connectivity index (χ4v) is 1.02. The average Bonchev–Trinajstić information content (AvgIpc) is 2.30. The maximum absolute atomic E-state index is 11.4. The van der Waals surface area contributed by atoms with E-state index in [0.717, 1.165) is 0 Å². The van der Waals surface area contributed by atoms with E-state index in [1.54, 1.807) is 18.2 Å². The first-order chi connectivity index (χ1) is 7.69. The standard InChI is InChI=1S/C11H11NO4/c1-8(12-15-2)11(14)16-10-6-4-3-5-9(10)7-13/h3-7H,1-2H3. The Labute approximate surface area is 92.7 Å². The smallest absolute Gasteiger partial charge is 0.361 e. The number of hydrogen-bond acceptors (Lipinski definition) is 5. The van der Waals surface area contributed by atoms with Gasteiger partial charge in [-0.3, -0.25) is 4.79 Å². The number of hydrogen-bond donors (Lipinski definition) is 0. The number of aldehydes is 1. The molecule has 0 aliphatic carbocycles. The van der Waals surface area contributed by atoms with Crippen LogP contribution < -0.4 is 4.74 Å². The van der Waals surface area contributed by atoms with Crippen LogP contribution in [0.4, 0.5) is 0 Å². The van der Waals surface area contributed by atoms with E-state index in [0.29, 0.717) is 11.8 Å². The van der Waals surface area contributed by atoms with E-state index < -0.39 is 5.97 Å². The van der Waals surface area contributed by atoms with Gasteiger partial charge in [-0.2, -0.15) is 0 Å². The third kappa shape index (κ3) is 2.91. The molecule has 0 saturated carbocycles. The summed E-state index contributed by atoms with van der Waals surface area (Å²) in [6, 6.07) is 6.43. The van der Waals surface area contributed by atoms with Gasteiger partial charge in [0, 0.05) is 0 Å². The molecule has 0 spiro atoms. The quantitative estimate of drug-likeness (QED) is 0.253. The van der Waals surface area contributed by atoms with Crippen LogP contribution in [0.15, 0.2) is 29.4 Å². The first-order valence-corrected chi connectivity index (χ1v) is 4.53. The van der Waals surface area contributed by atoms with Crippen molar-refractivity contribution in [3.8, 4) is 5.75 Å². The van der Waals surface area contributed by atoms with Crippen LogP contribution in [0.3, 0.4) is 0 Å². The Balaban J connectivity index is 2.84. The molecular formula is C11H11NO4. The second-order valence-corrected chi connectivity index (χ2v) is 2.90. The molecular weight excluding hydrogens is 210 g/mol. The number of esters is 1. The van der Waals surface area contributed by atoms with Gasteiger partial charge in [-0.1, -0.05) is 17.3 Å². The van der Waals surface area contributed by atoms with Crippen molar-refractivity contribution >= 4 is 18.0 Å². The van der Waals surface area contributed by atoms with Crippen molar-refractivity contribution < 1.29 is 19.2 Å². The molecule has 0 radical (unpaired) electrons. The van der Waals surface area contributed by atoms with Crippen LogP contribution in [0.25, 0.3) is 0 Å². The molecule has 0 fully saturated rings. The molecule has 1 aromatic carbocycles. The minimum atomic E-state index is -0.656. The van der Waals surface area contributed by atoms with Crippen molar-refractivity contribution in [2.75, 3.05) is 7.11 Å². The SMILES string of the molecule is CON=C(C)C(=O)Oc1ccccc1C=O. The lowest BCUT2D eigenvalue weighted by Crippen LogP contribution is -2.18. The zero-order valence-electron chi connectivity index (χ0n) is 8.97. The van der Waals surface area contributed by atoms with E-state index in [2.05, 4.69) is 9.99 Å². The van der Waals surface area contributed by atoms with Crippen LogP contribution in [0.2, 0.25) is 0 Å². The van der Waals surface area contributed by atoms with Crippen molar-refractivity contribution in [2.45, 2.75) is 6.92 Å². The zero-order valence-corrected chi connectivity index (χ0v) is 8.97. The summed E-state index contributed by atoms with van der Waals surface area (Å²) < 4.78 is 4.97. The Morgan fingerprint density at radius 3 is 2.69 bits per heavy atom. The summed E-state index contributed by atoms with van der Waals surface area (Å²) in [6.45, 7) is 1.45. The molecule has 5 nitrogen and oxygen atoms in total. The number of ether oxygens (including phenoxy) is 1. The largest absolute Gasteiger partial charge is 0.421 e. The highest BCUT2D eigenvalue weighted by Gasteiger charge is 2.11. The number of carbonyl (C=O) groups is 2. The maximum Gasteiger partial charge on any atom is 0.361 e. The first-order valence-electron chi connectivity index (χ1n) is 4.53. The molecule has 0 bridgehead atoms. The van der Waals surface area contributed by atoms with Gasteiger partial charge in [0.15, 0.2) is 12.0 Å². The van der Waals surface area contributed by atoms with Gasteiger partial charge in [0.25, 0.3) is 0 Å². The highest BCUT2D eigenvalue weighted by molar-refractivity contribution is 6.35. The van der Waals surface area contributed by atoms with E-state index in [9.17, 15) is 9.59 Å².